The lowest BCUT2D eigenvalue weighted by Crippen LogP contribution is -2.09. The average Bonchev–Trinajstić information content (AvgIpc) is 2.81. The van der Waals surface area contributed by atoms with Gasteiger partial charge in [-0.25, -0.2) is 4.39 Å². The molecule has 3 rings (SSSR count). The minimum Gasteiger partial charge on any atom is -0.456 e. The third-order valence-corrected chi connectivity index (χ3v) is 3.45. The van der Waals surface area contributed by atoms with Gasteiger partial charge in [0.25, 0.3) is 0 Å². The van der Waals surface area contributed by atoms with Gasteiger partial charge in [0.1, 0.15) is 17.2 Å². The second-order valence-corrected chi connectivity index (χ2v) is 5.19. The van der Waals surface area contributed by atoms with E-state index in [-0.39, 0.29) is 5.82 Å². The Morgan fingerprint density at radius 2 is 1.70 bits per heavy atom. The van der Waals surface area contributed by atoms with E-state index in [4.69, 9.17) is 4.42 Å². The number of benzene rings is 2. The smallest absolute Gasteiger partial charge is 0.136 e. The van der Waals surface area contributed by atoms with Crippen LogP contribution in [-0.4, -0.2) is 14.1 Å². The maximum atomic E-state index is 13.0. The van der Waals surface area contributed by atoms with Crippen molar-refractivity contribution >= 4 is 16.7 Å². The summed E-state index contributed by atoms with van der Waals surface area (Å²) in [5, 5.41) is 1.06. The van der Waals surface area contributed by atoms with Crippen molar-refractivity contribution in [1.29, 1.82) is 0 Å². The number of nitrogens with zero attached hydrogens (tertiary/aromatic N) is 1. The molecule has 0 aliphatic rings. The summed E-state index contributed by atoms with van der Waals surface area (Å²) in [5.41, 5.74) is 4.07. The molecule has 0 radical (unpaired) electrons. The molecule has 1 heterocycles. The first-order valence-corrected chi connectivity index (χ1v) is 6.52. The van der Waals surface area contributed by atoms with Crippen LogP contribution >= 0.6 is 0 Å². The number of aryl methyl sites for hydroxylation is 1. The Bertz CT molecular complexity index is 757. The maximum absolute atomic E-state index is 13.0. The van der Waals surface area contributed by atoms with Crippen molar-refractivity contribution in [3.8, 4) is 11.3 Å². The predicted molar refractivity (Wildman–Crippen MR) is 80.7 cm³/mol. The molecule has 2 nitrogen and oxygen atoms in total. The Morgan fingerprint density at radius 3 is 2.35 bits per heavy atom. The molecule has 0 fully saturated rings. The summed E-state index contributed by atoms with van der Waals surface area (Å²) in [4.78, 5) is 2.06. The molecule has 0 aliphatic carbocycles. The van der Waals surface area contributed by atoms with Crippen molar-refractivity contribution in [2.24, 2.45) is 0 Å². The minimum atomic E-state index is -0.240. The second kappa shape index (κ2) is 4.67. The van der Waals surface area contributed by atoms with Crippen LogP contribution in [0.2, 0.25) is 0 Å². The van der Waals surface area contributed by atoms with E-state index >= 15 is 0 Å². The molecule has 102 valence electrons. The molecule has 20 heavy (non-hydrogen) atoms. The van der Waals surface area contributed by atoms with Gasteiger partial charge in [-0.2, -0.15) is 0 Å². The largest absolute Gasteiger partial charge is 0.456 e. The summed E-state index contributed by atoms with van der Waals surface area (Å²) < 4.78 is 18.9. The summed E-state index contributed by atoms with van der Waals surface area (Å²) in [6, 6.07) is 12.5. The predicted octanol–water partition coefficient (Wildman–Crippen LogP) is 4.61. The number of anilines is 1. The van der Waals surface area contributed by atoms with E-state index in [9.17, 15) is 4.39 Å². The fraction of sp³-hybridized carbons (Fsp3) is 0.176. The Balaban J connectivity index is 2.13. The molecule has 3 aromatic rings. The van der Waals surface area contributed by atoms with Gasteiger partial charge in [-0.3, -0.25) is 0 Å². The zero-order chi connectivity index (χ0) is 14.3. The fourth-order valence-electron chi connectivity index (χ4n) is 2.43. The number of furan rings is 1. The van der Waals surface area contributed by atoms with Gasteiger partial charge in [0.05, 0.1) is 0 Å². The summed E-state index contributed by atoms with van der Waals surface area (Å²) in [6.07, 6.45) is 0. The van der Waals surface area contributed by atoms with Crippen LogP contribution < -0.4 is 4.90 Å². The van der Waals surface area contributed by atoms with Crippen LogP contribution in [0.15, 0.2) is 46.9 Å². The van der Waals surface area contributed by atoms with Gasteiger partial charge in [-0.1, -0.05) is 0 Å². The van der Waals surface area contributed by atoms with Crippen LogP contribution in [0.25, 0.3) is 22.3 Å². The highest BCUT2D eigenvalue weighted by Crippen LogP contribution is 2.32. The molecular weight excluding hydrogens is 253 g/mol. The number of rotatable bonds is 2. The summed E-state index contributed by atoms with van der Waals surface area (Å²) in [5.74, 6) is 0.519. The molecule has 0 saturated carbocycles. The molecule has 0 atom stereocenters. The molecule has 0 spiro atoms. The molecule has 0 unspecified atom stereocenters. The topological polar surface area (TPSA) is 16.4 Å². The monoisotopic (exact) mass is 269 g/mol. The molecule has 3 heteroatoms. The lowest BCUT2D eigenvalue weighted by Gasteiger charge is -2.14. The van der Waals surface area contributed by atoms with E-state index < -0.39 is 0 Å². The highest BCUT2D eigenvalue weighted by molar-refractivity contribution is 5.87. The fourth-order valence-corrected chi connectivity index (χ4v) is 2.43. The van der Waals surface area contributed by atoms with E-state index in [1.807, 2.05) is 26.2 Å². The number of hydrogen-bond acceptors (Lipinski definition) is 2. The highest BCUT2D eigenvalue weighted by Gasteiger charge is 2.10. The molecule has 0 aliphatic heterocycles. The zero-order valence-corrected chi connectivity index (χ0v) is 11.8. The van der Waals surface area contributed by atoms with Gasteiger partial charge in [0.15, 0.2) is 0 Å². The van der Waals surface area contributed by atoms with Gasteiger partial charge in [0, 0.05) is 36.8 Å². The lowest BCUT2D eigenvalue weighted by atomic mass is 10.1. The van der Waals surface area contributed by atoms with Gasteiger partial charge < -0.3 is 9.32 Å². The number of halogens is 1. The normalized spacial score (nSPS) is 11.0. The standard InChI is InChI=1S/C17H16FNO/c1-11-8-13-9-16(12-4-6-14(18)7-5-12)20-17(13)10-15(11)19(2)3/h4-10H,1-3H3. The molecule has 0 N–H and O–H groups in total. The van der Waals surface area contributed by atoms with E-state index in [1.54, 1.807) is 12.1 Å². The van der Waals surface area contributed by atoms with E-state index in [2.05, 4.69) is 17.9 Å². The summed E-state index contributed by atoms with van der Waals surface area (Å²) >= 11 is 0. The highest BCUT2D eigenvalue weighted by atomic mass is 19.1. The van der Waals surface area contributed by atoms with Crippen molar-refractivity contribution in [2.45, 2.75) is 6.92 Å². The van der Waals surface area contributed by atoms with Gasteiger partial charge in [-0.15, -0.1) is 0 Å². The first kappa shape index (κ1) is 12.7. The van der Waals surface area contributed by atoms with Crippen LogP contribution in [0.5, 0.6) is 0 Å². The first-order valence-electron chi connectivity index (χ1n) is 6.52. The van der Waals surface area contributed by atoms with Crippen LogP contribution in [0.1, 0.15) is 5.56 Å². The van der Waals surface area contributed by atoms with Gasteiger partial charge >= 0.3 is 0 Å². The van der Waals surface area contributed by atoms with E-state index in [1.165, 1.54) is 17.7 Å². The third kappa shape index (κ3) is 2.16. The quantitative estimate of drug-likeness (QED) is 0.675. The Morgan fingerprint density at radius 1 is 1.00 bits per heavy atom. The van der Waals surface area contributed by atoms with Gasteiger partial charge in [0.2, 0.25) is 0 Å². The Hall–Kier alpha value is -2.29. The van der Waals surface area contributed by atoms with E-state index in [0.717, 1.165) is 28.0 Å². The Labute approximate surface area is 117 Å². The minimum absolute atomic E-state index is 0.240. The van der Waals surface area contributed by atoms with Crippen LogP contribution in [0.3, 0.4) is 0 Å². The van der Waals surface area contributed by atoms with Crippen molar-refractivity contribution in [2.75, 3.05) is 19.0 Å². The molecule has 2 aromatic carbocycles. The molecular formula is C17H16FNO. The second-order valence-electron chi connectivity index (χ2n) is 5.19. The average molecular weight is 269 g/mol. The zero-order valence-electron chi connectivity index (χ0n) is 11.8. The summed E-state index contributed by atoms with van der Waals surface area (Å²) in [7, 11) is 4.02. The lowest BCUT2D eigenvalue weighted by molar-refractivity contribution is 0.623. The van der Waals surface area contributed by atoms with Crippen molar-refractivity contribution in [3.63, 3.8) is 0 Å². The molecule has 0 bridgehead atoms. The first-order chi connectivity index (χ1) is 9.54. The van der Waals surface area contributed by atoms with Gasteiger partial charge in [-0.05, 0) is 48.9 Å². The van der Waals surface area contributed by atoms with E-state index in [0.29, 0.717) is 0 Å². The number of hydrogen-bond donors (Lipinski definition) is 0. The van der Waals surface area contributed by atoms with Crippen molar-refractivity contribution in [1.82, 2.24) is 0 Å². The Kier molecular flexibility index (Phi) is 2.97. The van der Waals surface area contributed by atoms with Crippen molar-refractivity contribution < 1.29 is 8.81 Å². The van der Waals surface area contributed by atoms with Crippen molar-refractivity contribution in [3.05, 3.63) is 53.8 Å². The SMILES string of the molecule is Cc1cc2cc(-c3ccc(F)cc3)oc2cc1N(C)C. The molecule has 0 amide bonds. The number of fused-ring (bicyclic) bond motifs is 1. The third-order valence-electron chi connectivity index (χ3n) is 3.45. The molecule has 1 aromatic heterocycles. The maximum Gasteiger partial charge on any atom is 0.136 e. The van der Waals surface area contributed by atoms with Crippen LogP contribution in [0, 0.1) is 12.7 Å². The summed E-state index contributed by atoms with van der Waals surface area (Å²) in [6.45, 7) is 2.08. The molecule has 0 saturated heterocycles. The van der Waals surface area contributed by atoms with Crippen LogP contribution in [-0.2, 0) is 0 Å². The van der Waals surface area contributed by atoms with Crippen LogP contribution in [0.4, 0.5) is 10.1 Å².